The summed E-state index contributed by atoms with van der Waals surface area (Å²) in [4.78, 5) is 24.0. The Bertz CT molecular complexity index is 667. The number of para-hydroxylation sites is 1. The van der Waals surface area contributed by atoms with Gasteiger partial charge in [0, 0.05) is 4.47 Å². The standard InChI is InChI=1S/C16H13BrO4/c1-2-20-15(18)12-8-4-6-10-14(12)21-16(19)11-7-3-5-9-13(11)17/h3-10H,2H2,1H3. The van der Waals surface area contributed by atoms with Crippen molar-refractivity contribution >= 4 is 27.9 Å². The van der Waals surface area contributed by atoms with Gasteiger partial charge in [0.15, 0.2) is 0 Å². The Morgan fingerprint density at radius 2 is 1.57 bits per heavy atom. The maximum Gasteiger partial charge on any atom is 0.344 e. The first-order chi connectivity index (χ1) is 10.1. The van der Waals surface area contributed by atoms with Gasteiger partial charge in [-0.15, -0.1) is 0 Å². The molecule has 2 rings (SSSR count). The Morgan fingerprint density at radius 3 is 2.24 bits per heavy atom. The number of benzene rings is 2. The maximum atomic E-state index is 12.2. The molecule has 0 atom stereocenters. The number of esters is 2. The molecule has 0 amide bonds. The second-order valence-electron chi connectivity index (χ2n) is 4.09. The van der Waals surface area contributed by atoms with E-state index in [-0.39, 0.29) is 17.9 Å². The van der Waals surface area contributed by atoms with Gasteiger partial charge in [-0.3, -0.25) is 0 Å². The minimum atomic E-state index is -0.542. The molecule has 0 aliphatic carbocycles. The summed E-state index contributed by atoms with van der Waals surface area (Å²) < 4.78 is 10.9. The van der Waals surface area contributed by atoms with Crippen molar-refractivity contribution in [2.75, 3.05) is 6.61 Å². The van der Waals surface area contributed by atoms with E-state index in [1.807, 2.05) is 0 Å². The first-order valence-electron chi connectivity index (χ1n) is 6.36. The Morgan fingerprint density at radius 1 is 0.952 bits per heavy atom. The molecule has 4 nitrogen and oxygen atoms in total. The zero-order valence-corrected chi connectivity index (χ0v) is 12.9. The van der Waals surface area contributed by atoms with Crippen LogP contribution in [0.5, 0.6) is 5.75 Å². The summed E-state index contributed by atoms with van der Waals surface area (Å²) in [6.07, 6.45) is 0. The Hall–Kier alpha value is -2.14. The van der Waals surface area contributed by atoms with E-state index in [2.05, 4.69) is 15.9 Å². The van der Waals surface area contributed by atoms with Gasteiger partial charge in [0.2, 0.25) is 0 Å². The zero-order valence-electron chi connectivity index (χ0n) is 11.3. The van der Waals surface area contributed by atoms with Crippen molar-refractivity contribution in [3.63, 3.8) is 0 Å². The third-order valence-corrected chi connectivity index (χ3v) is 3.37. The third kappa shape index (κ3) is 3.70. The minimum Gasteiger partial charge on any atom is -0.462 e. The summed E-state index contributed by atoms with van der Waals surface area (Å²) in [6, 6.07) is 13.4. The van der Waals surface area contributed by atoms with Gasteiger partial charge in [0.1, 0.15) is 11.3 Å². The van der Waals surface area contributed by atoms with Crippen LogP contribution in [0.2, 0.25) is 0 Å². The summed E-state index contributed by atoms with van der Waals surface area (Å²) in [6.45, 7) is 1.97. The Balaban J connectivity index is 2.26. The maximum absolute atomic E-state index is 12.2. The van der Waals surface area contributed by atoms with Crippen molar-refractivity contribution < 1.29 is 19.1 Å². The van der Waals surface area contributed by atoms with Gasteiger partial charge in [-0.05, 0) is 47.1 Å². The third-order valence-electron chi connectivity index (χ3n) is 2.68. The van der Waals surface area contributed by atoms with E-state index >= 15 is 0 Å². The number of ether oxygens (including phenoxy) is 2. The average Bonchev–Trinajstić information content (AvgIpc) is 2.48. The van der Waals surface area contributed by atoms with Crippen LogP contribution in [0.15, 0.2) is 53.0 Å². The van der Waals surface area contributed by atoms with Crippen molar-refractivity contribution in [2.24, 2.45) is 0 Å². The van der Waals surface area contributed by atoms with Crippen LogP contribution in [0.25, 0.3) is 0 Å². The van der Waals surface area contributed by atoms with Gasteiger partial charge in [0.05, 0.1) is 12.2 Å². The summed E-state index contributed by atoms with van der Waals surface area (Å²) in [7, 11) is 0. The van der Waals surface area contributed by atoms with Crippen molar-refractivity contribution in [1.29, 1.82) is 0 Å². The second kappa shape index (κ2) is 7.04. The molecular weight excluding hydrogens is 336 g/mol. The predicted octanol–water partition coefficient (Wildman–Crippen LogP) is 3.85. The van der Waals surface area contributed by atoms with Crippen LogP contribution in [-0.2, 0) is 4.74 Å². The quantitative estimate of drug-likeness (QED) is 0.622. The molecule has 0 unspecified atom stereocenters. The summed E-state index contributed by atoms with van der Waals surface area (Å²) in [5, 5.41) is 0. The molecule has 0 saturated carbocycles. The van der Waals surface area contributed by atoms with Crippen molar-refractivity contribution in [2.45, 2.75) is 6.92 Å². The van der Waals surface area contributed by atoms with E-state index in [1.54, 1.807) is 55.5 Å². The summed E-state index contributed by atoms with van der Waals surface area (Å²) >= 11 is 3.29. The number of rotatable bonds is 4. The van der Waals surface area contributed by atoms with E-state index in [0.29, 0.717) is 10.0 Å². The molecule has 0 bridgehead atoms. The first-order valence-corrected chi connectivity index (χ1v) is 7.15. The SMILES string of the molecule is CCOC(=O)c1ccccc1OC(=O)c1ccccc1Br. The van der Waals surface area contributed by atoms with Gasteiger partial charge in [0.25, 0.3) is 0 Å². The molecule has 0 aliphatic heterocycles. The van der Waals surface area contributed by atoms with Gasteiger partial charge >= 0.3 is 11.9 Å². The van der Waals surface area contributed by atoms with Gasteiger partial charge in [-0.1, -0.05) is 24.3 Å². The van der Waals surface area contributed by atoms with Gasteiger partial charge in [-0.2, -0.15) is 0 Å². The van der Waals surface area contributed by atoms with Crippen LogP contribution in [0.3, 0.4) is 0 Å². The van der Waals surface area contributed by atoms with E-state index in [0.717, 1.165) is 0 Å². The highest BCUT2D eigenvalue weighted by Gasteiger charge is 2.18. The molecular formula is C16H13BrO4. The molecule has 21 heavy (non-hydrogen) atoms. The Labute approximate surface area is 130 Å². The molecule has 0 fully saturated rings. The molecule has 0 aliphatic rings. The van der Waals surface area contributed by atoms with Crippen LogP contribution in [0.4, 0.5) is 0 Å². The lowest BCUT2D eigenvalue weighted by molar-refractivity contribution is 0.0520. The van der Waals surface area contributed by atoms with Crippen molar-refractivity contribution in [3.05, 3.63) is 64.1 Å². The van der Waals surface area contributed by atoms with Gasteiger partial charge in [-0.25, -0.2) is 9.59 Å². The lowest BCUT2D eigenvalue weighted by Crippen LogP contribution is -2.13. The van der Waals surface area contributed by atoms with E-state index in [9.17, 15) is 9.59 Å². The number of carbonyl (C=O) groups is 2. The highest BCUT2D eigenvalue weighted by molar-refractivity contribution is 9.10. The predicted molar refractivity (Wildman–Crippen MR) is 81.5 cm³/mol. The molecule has 0 aromatic heterocycles. The first kappa shape index (κ1) is 15.3. The highest BCUT2D eigenvalue weighted by Crippen LogP contribution is 2.22. The highest BCUT2D eigenvalue weighted by atomic mass is 79.9. The van der Waals surface area contributed by atoms with Crippen LogP contribution < -0.4 is 4.74 Å². The molecule has 2 aromatic carbocycles. The molecule has 2 aromatic rings. The Kier molecular flexibility index (Phi) is 5.11. The van der Waals surface area contributed by atoms with E-state index in [4.69, 9.17) is 9.47 Å². The largest absolute Gasteiger partial charge is 0.462 e. The minimum absolute atomic E-state index is 0.178. The van der Waals surface area contributed by atoms with Crippen molar-refractivity contribution in [3.8, 4) is 5.75 Å². The lowest BCUT2D eigenvalue weighted by Gasteiger charge is -2.10. The smallest absolute Gasteiger partial charge is 0.344 e. The number of carbonyl (C=O) groups excluding carboxylic acids is 2. The van der Waals surface area contributed by atoms with Crippen LogP contribution in [-0.4, -0.2) is 18.5 Å². The van der Waals surface area contributed by atoms with E-state index < -0.39 is 11.9 Å². The van der Waals surface area contributed by atoms with Crippen molar-refractivity contribution in [1.82, 2.24) is 0 Å². The monoisotopic (exact) mass is 348 g/mol. The second-order valence-corrected chi connectivity index (χ2v) is 4.94. The fourth-order valence-corrected chi connectivity index (χ4v) is 2.16. The zero-order chi connectivity index (χ0) is 15.2. The van der Waals surface area contributed by atoms with Gasteiger partial charge < -0.3 is 9.47 Å². The lowest BCUT2D eigenvalue weighted by atomic mass is 10.2. The topological polar surface area (TPSA) is 52.6 Å². The fraction of sp³-hybridized carbons (Fsp3) is 0.125. The van der Waals surface area contributed by atoms with Crippen LogP contribution >= 0.6 is 15.9 Å². The average molecular weight is 349 g/mol. The molecule has 0 radical (unpaired) electrons. The van der Waals surface area contributed by atoms with Crippen LogP contribution in [0.1, 0.15) is 27.6 Å². The molecule has 108 valence electrons. The van der Waals surface area contributed by atoms with Crippen LogP contribution in [0, 0.1) is 0 Å². The number of hydrogen-bond acceptors (Lipinski definition) is 4. The van der Waals surface area contributed by atoms with E-state index in [1.165, 1.54) is 0 Å². The fourth-order valence-electron chi connectivity index (χ4n) is 1.71. The number of hydrogen-bond donors (Lipinski definition) is 0. The normalized spacial score (nSPS) is 10.0. The molecule has 0 heterocycles. The number of halogens is 1. The summed E-state index contributed by atoms with van der Waals surface area (Å²) in [5.41, 5.74) is 0.607. The molecule has 0 saturated heterocycles. The summed E-state index contributed by atoms with van der Waals surface area (Å²) in [5.74, 6) is -0.885. The molecule has 0 N–H and O–H groups in total. The molecule has 5 heteroatoms. The molecule has 0 spiro atoms.